The minimum atomic E-state index is 0.893. The number of benzene rings is 8. The van der Waals surface area contributed by atoms with Crippen molar-refractivity contribution in [3.8, 4) is 0 Å². The molecule has 0 radical (unpaired) electrons. The van der Waals surface area contributed by atoms with Crippen LogP contribution in [0.5, 0.6) is 0 Å². The molecular formula is C108H144N6Ni2. The van der Waals surface area contributed by atoms with Crippen molar-refractivity contribution >= 4 is 43.2 Å². The molecule has 0 aliphatic carbocycles. The van der Waals surface area contributed by atoms with Gasteiger partial charge in [-0.1, -0.05) is 257 Å². The summed E-state index contributed by atoms with van der Waals surface area (Å²) < 4.78 is 6.92. The van der Waals surface area contributed by atoms with Gasteiger partial charge in [0.15, 0.2) is 0 Å². The summed E-state index contributed by atoms with van der Waals surface area (Å²) in [7, 11) is 0. The van der Waals surface area contributed by atoms with E-state index < -0.39 is 0 Å². The number of hydrogen-bond acceptors (Lipinski definition) is 0. The molecule has 0 aromatic heterocycles. The van der Waals surface area contributed by atoms with Crippen LogP contribution in [0.2, 0.25) is 11.8 Å². The van der Waals surface area contributed by atoms with E-state index in [2.05, 4.69) is 286 Å². The normalized spacial score (nSPS) is 13.1. The number of rotatable bonds is 45. The molecule has 0 unspecified atom stereocenters. The summed E-state index contributed by atoms with van der Waals surface area (Å²) in [6.07, 6.45) is 51.1. The second kappa shape index (κ2) is 56.4. The second-order valence-corrected chi connectivity index (χ2v) is 34.1. The molecule has 0 fully saturated rings. The predicted molar refractivity (Wildman–Crippen MR) is 494 cm³/mol. The van der Waals surface area contributed by atoms with Crippen molar-refractivity contribution in [1.29, 1.82) is 0 Å². The van der Waals surface area contributed by atoms with E-state index in [1.54, 1.807) is 28.9 Å². The molecule has 0 N–H and O–H groups in total. The molecule has 0 saturated carbocycles. The summed E-state index contributed by atoms with van der Waals surface area (Å²) in [5.74, 6) is 4.12. The number of nitrogens with zero attached hydrogens (tertiary/aromatic N) is 6. The molecule has 3 aliphatic rings. The van der Waals surface area contributed by atoms with E-state index in [1.807, 2.05) is 12.1 Å². The maximum absolute atomic E-state index is 11.3. The quantitative estimate of drug-likeness (QED) is 0.0207. The number of hydrogen-bond donors (Lipinski definition) is 0. The molecule has 6 nitrogen and oxygen atoms in total. The number of unbranched alkanes of at least 4 members (excludes halogenated alkanes) is 19. The third-order valence-corrected chi connectivity index (χ3v) is 23.2. The van der Waals surface area contributed by atoms with Gasteiger partial charge in [0.1, 0.15) is 0 Å². The zero-order chi connectivity index (χ0) is 82.8. The van der Waals surface area contributed by atoms with Crippen LogP contribution < -0.4 is 9.07 Å². The van der Waals surface area contributed by atoms with Crippen LogP contribution in [0.1, 0.15) is 328 Å². The van der Waals surface area contributed by atoms with Crippen LogP contribution in [0.4, 0.5) is 0 Å². The van der Waals surface area contributed by atoms with Crippen LogP contribution >= 0.6 is 0 Å². The number of aryl methyl sites for hydroxylation is 6. The van der Waals surface area contributed by atoms with Crippen LogP contribution in [0.3, 0.4) is 0 Å². The zero-order valence-corrected chi connectivity index (χ0v) is 75.3. The Balaban J connectivity index is 0.000000219. The van der Waals surface area contributed by atoms with E-state index >= 15 is 0 Å². The molecule has 0 spiro atoms. The van der Waals surface area contributed by atoms with Gasteiger partial charge < -0.3 is 16.6 Å². The molecule has 0 bridgehead atoms. The van der Waals surface area contributed by atoms with Crippen LogP contribution in [0, 0.1) is 0 Å². The summed E-state index contributed by atoms with van der Waals surface area (Å²) in [5, 5.41) is 0. The van der Waals surface area contributed by atoms with Crippen molar-refractivity contribution in [3.05, 3.63) is 325 Å². The van der Waals surface area contributed by atoms with Gasteiger partial charge >= 0.3 is 110 Å². The molecule has 3 heterocycles. The van der Waals surface area contributed by atoms with E-state index in [9.17, 15) is 16.6 Å². The van der Waals surface area contributed by atoms with Crippen LogP contribution in [0.25, 0.3) is 50.8 Å². The van der Waals surface area contributed by atoms with Gasteiger partial charge in [-0.05, 0) is 222 Å². The third kappa shape index (κ3) is 32.4. The van der Waals surface area contributed by atoms with Crippen molar-refractivity contribution in [2.45, 2.75) is 312 Å². The fourth-order valence-corrected chi connectivity index (χ4v) is 16.1. The fourth-order valence-electron chi connectivity index (χ4n) is 15.1. The van der Waals surface area contributed by atoms with Gasteiger partial charge in [-0.2, -0.15) is 0 Å². The molecule has 8 heteroatoms. The first-order chi connectivity index (χ1) is 56.9. The average molecular weight is 1640 g/mol. The van der Waals surface area contributed by atoms with Gasteiger partial charge in [0.25, 0.3) is 0 Å². The summed E-state index contributed by atoms with van der Waals surface area (Å²) >= 11 is 3.22. The average Bonchev–Trinajstić information content (AvgIpc) is 1.65. The number of allylic oxidation sites excluding steroid dienone is 6. The Hall–Kier alpha value is -8.01. The van der Waals surface area contributed by atoms with Gasteiger partial charge in [-0.25, -0.2) is 14.1 Å². The molecule has 3 aliphatic heterocycles. The Bertz CT molecular complexity index is 4130. The molecule has 8 aromatic rings. The first-order valence-electron chi connectivity index (χ1n) is 45.2. The molecule has 626 valence electrons. The monoisotopic (exact) mass is 1640 g/mol. The van der Waals surface area contributed by atoms with Crippen LogP contribution in [-0.4, -0.2) is 14.1 Å². The Kier molecular flexibility index (Phi) is 46.2. The molecule has 0 saturated heterocycles. The second-order valence-electron chi connectivity index (χ2n) is 31.7. The molecule has 0 atom stereocenters. The van der Waals surface area contributed by atoms with Gasteiger partial charge in [0, 0.05) is 68.3 Å². The Morgan fingerprint density at radius 1 is 0.216 bits per heavy atom. The summed E-state index contributed by atoms with van der Waals surface area (Å²) in [6, 6.07) is 73.7. The third-order valence-electron chi connectivity index (χ3n) is 22.0. The summed E-state index contributed by atoms with van der Waals surface area (Å²) in [4.78, 5) is 0. The Morgan fingerprint density at radius 2 is 0.405 bits per heavy atom. The van der Waals surface area contributed by atoms with Crippen molar-refractivity contribution in [2.75, 3.05) is 0 Å². The van der Waals surface area contributed by atoms with Gasteiger partial charge in [-0.15, -0.1) is 0 Å². The van der Waals surface area contributed by atoms with E-state index in [0.29, 0.717) is 0 Å². The summed E-state index contributed by atoms with van der Waals surface area (Å²) in [5.41, 5.74) is 58.0. The standard InChI is InChI=1S/C32H44N2.2C31H42N2.2C6H5.2CH3.2Ni/c1-4-7-10-12-15-27-19-23-29(24-20-27)32-30(16-13-11-8-5-2)25-31(34(32)33)28-21-17-26(18-22-28)14-9-6-3;2*1-4-7-10-12-15-29-24-30(27-20-16-25(17-21-27)13-9-6-3)33(32)31(29)28-22-18-26(19-23-28)14-11-8-5-2;2*1-2-4-6-5-3-1;;;;/h17-25H,4-16H2,1-3H3;2*16-24H,4-15H2,1-3H3;2*1-5H;2*1H3;;. The van der Waals surface area contributed by atoms with Crippen LogP contribution in [-0.2, 0) is 67.4 Å². The first-order valence-corrected chi connectivity index (χ1v) is 48.1. The first kappa shape index (κ1) is 95.1. The minimum absolute atomic E-state index is 0.893. The van der Waals surface area contributed by atoms with Crippen molar-refractivity contribution < 1.29 is 43.0 Å². The molecule has 0 amide bonds. The zero-order valence-electron chi connectivity index (χ0n) is 73.3. The molecule has 11 rings (SSSR count). The summed E-state index contributed by atoms with van der Waals surface area (Å²) in [6.45, 7) is 20.2. The van der Waals surface area contributed by atoms with Gasteiger partial charge in [-0.3, -0.25) is 0 Å². The molecule has 116 heavy (non-hydrogen) atoms. The Labute approximate surface area is 717 Å². The SMILES string of the molecule is CCCCCCC1=C(c2ccc(CCCCC)cc2)[N+](=[N-])C(c2ccc(CCCC)cc2)=C1.CCCCCCC1=C(c2ccc(CCCCC)cc2)[N+](=[N-])C(c2ccc(CCCC)cc2)=C1.CCCCCCC1=C(c2ccc(CCCCCC)cc2)[N+](=[N-])C(c2ccc(CCCC)cc2)=C1.[CH3][Ni][CH3].c1cc[c]([Ni][c]2ccccc2)cc1. The Morgan fingerprint density at radius 3 is 0.629 bits per heavy atom. The molecular weight excluding hydrogens is 1500 g/mol. The van der Waals surface area contributed by atoms with Crippen molar-refractivity contribution in [1.82, 2.24) is 0 Å². The van der Waals surface area contributed by atoms with E-state index in [1.165, 1.54) is 234 Å². The van der Waals surface area contributed by atoms with Crippen molar-refractivity contribution in [2.24, 2.45) is 0 Å². The molecule has 8 aromatic carbocycles. The van der Waals surface area contributed by atoms with Crippen molar-refractivity contribution in [3.63, 3.8) is 0 Å². The van der Waals surface area contributed by atoms with E-state index in [0.717, 1.165) is 145 Å². The predicted octanol–water partition coefficient (Wildman–Crippen LogP) is 31.9. The fraction of sp³-hybridized carbons (Fsp3) is 0.444. The topological polar surface area (TPSA) is 75.9 Å². The van der Waals surface area contributed by atoms with Gasteiger partial charge in [0.05, 0.1) is 0 Å². The van der Waals surface area contributed by atoms with Crippen LogP contribution in [0.15, 0.2) is 241 Å². The van der Waals surface area contributed by atoms with E-state index in [4.69, 9.17) is 0 Å². The van der Waals surface area contributed by atoms with E-state index in [-0.39, 0.29) is 0 Å². The van der Waals surface area contributed by atoms with Gasteiger partial charge in [0.2, 0.25) is 34.2 Å². The maximum atomic E-state index is 11.3.